The van der Waals surface area contributed by atoms with Gasteiger partial charge in [0, 0.05) is 24.6 Å². The molecule has 2 unspecified atom stereocenters. The number of benzene rings is 1. The lowest BCUT2D eigenvalue weighted by molar-refractivity contribution is -0.124. The van der Waals surface area contributed by atoms with Crippen LogP contribution in [0.25, 0.3) is 0 Å². The van der Waals surface area contributed by atoms with Gasteiger partial charge in [0.25, 0.3) is 0 Å². The van der Waals surface area contributed by atoms with E-state index in [0.717, 1.165) is 0 Å². The van der Waals surface area contributed by atoms with Crippen molar-refractivity contribution in [1.29, 1.82) is 0 Å². The Kier molecular flexibility index (Phi) is 5.84. The summed E-state index contributed by atoms with van der Waals surface area (Å²) in [6.07, 6.45) is 0.227. The first-order chi connectivity index (χ1) is 9.84. The summed E-state index contributed by atoms with van der Waals surface area (Å²) >= 11 is 0. The van der Waals surface area contributed by atoms with E-state index in [4.69, 9.17) is 19.9 Å². The molecule has 1 aromatic rings. The zero-order valence-electron chi connectivity index (χ0n) is 13.2. The van der Waals surface area contributed by atoms with Crippen LogP contribution in [-0.4, -0.2) is 38.8 Å². The van der Waals surface area contributed by atoms with E-state index in [-0.39, 0.29) is 6.10 Å². The van der Waals surface area contributed by atoms with Gasteiger partial charge in [-0.2, -0.15) is 0 Å². The Labute approximate surface area is 125 Å². The van der Waals surface area contributed by atoms with Crippen LogP contribution in [0.3, 0.4) is 0 Å². The van der Waals surface area contributed by atoms with Crippen molar-refractivity contribution in [2.75, 3.05) is 21.3 Å². The molecule has 0 bridgehead atoms. The largest absolute Gasteiger partial charge is 0.496 e. The van der Waals surface area contributed by atoms with Crippen LogP contribution in [0.1, 0.15) is 20.3 Å². The molecule has 0 aliphatic heterocycles. The number of amides is 1. The van der Waals surface area contributed by atoms with Crippen molar-refractivity contribution in [3.05, 3.63) is 18.2 Å². The number of carbonyl (C=O) groups excluding carboxylic acids is 1. The van der Waals surface area contributed by atoms with E-state index in [1.165, 1.54) is 0 Å². The Morgan fingerprint density at radius 3 is 2.10 bits per heavy atom. The highest BCUT2D eigenvalue weighted by Crippen LogP contribution is 2.29. The van der Waals surface area contributed by atoms with Crippen molar-refractivity contribution >= 4 is 5.91 Å². The first-order valence-corrected chi connectivity index (χ1v) is 6.73. The minimum atomic E-state index is -0.817. The fourth-order valence-corrected chi connectivity index (χ4v) is 2.02. The fraction of sp³-hybridized carbons (Fsp3) is 0.533. The van der Waals surface area contributed by atoms with E-state index < -0.39 is 11.4 Å². The number of nitrogens with two attached hydrogens (primary N) is 1. The van der Waals surface area contributed by atoms with Gasteiger partial charge in [-0.1, -0.05) is 0 Å². The van der Waals surface area contributed by atoms with Gasteiger partial charge in [-0.25, -0.2) is 0 Å². The average Bonchev–Trinajstić information content (AvgIpc) is 2.46. The number of hydrogen-bond donors (Lipinski definition) is 2. The molecule has 6 heteroatoms. The molecule has 118 valence electrons. The molecule has 2 atom stereocenters. The summed E-state index contributed by atoms with van der Waals surface area (Å²) in [7, 11) is 4.85. The Morgan fingerprint density at radius 1 is 1.24 bits per heavy atom. The second-order valence-electron chi connectivity index (χ2n) is 5.13. The van der Waals surface area contributed by atoms with Crippen molar-refractivity contribution in [3.8, 4) is 17.2 Å². The van der Waals surface area contributed by atoms with Crippen LogP contribution in [0.4, 0.5) is 0 Å². The number of methoxy groups -OCH3 is 2. The van der Waals surface area contributed by atoms with E-state index in [0.29, 0.717) is 23.7 Å². The highest BCUT2D eigenvalue weighted by atomic mass is 16.5. The van der Waals surface area contributed by atoms with Gasteiger partial charge in [0.1, 0.15) is 17.2 Å². The maximum atomic E-state index is 11.5. The summed E-state index contributed by atoms with van der Waals surface area (Å²) in [5.74, 6) is 1.48. The number of carbonyl (C=O) groups is 1. The highest BCUT2D eigenvalue weighted by Gasteiger charge is 2.31. The number of primary amides is 1. The molecule has 0 saturated heterocycles. The third kappa shape index (κ3) is 4.53. The van der Waals surface area contributed by atoms with Crippen LogP contribution < -0.4 is 25.3 Å². The molecular formula is C15H24N2O4. The number of ether oxygens (including phenoxy) is 3. The number of nitrogens with one attached hydrogen (secondary N) is 1. The van der Waals surface area contributed by atoms with Crippen molar-refractivity contribution in [2.45, 2.75) is 31.9 Å². The van der Waals surface area contributed by atoms with Gasteiger partial charge in [0.05, 0.1) is 25.9 Å². The van der Waals surface area contributed by atoms with Crippen molar-refractivity contribution in [2.24, 2.45) is 5.73 Å². The second kappa shape index (κ2) is 7.17. The molecule has 21 heavy (non-hydrogen) atoms. The van der Waals surface area contributed by atoms with Crippen LogP contribution >= 0.6 is 0 Å². The van der Waals surface area contributed by atoms with Crippen LogP contribution in [-0.2, 0) is 4.79 Å². The third-order valence-electron chi connectivity index (χ3n) is 3.45. The van der Waals surface area contributed by atoms with E-state index in [1.807, 2.05) is 6.92 Å². The predicted molar refractivity (Wildman–Crippen MR) is 80.9 cm³/mol. The lowest BCUT2D eigenvalue weighted by atomic mass is 9.94. The average molecular weight is 296 g/mol. The molecular weight excluding hydrogens is 272 g/mol. The number of hydrogen-bond acceptors (Lipinski definition) is 5. The van der Waals surface area contributed by atoms with Gasteiger partial charge in [-0.3, -0.25) is 4.79 Å². The second-order valence-corrected chi connectivity index (χ2v) is 5.13. The van der Waals surface area contributed by atoms with Crippen LogP contribution in [0, 0.1) is 0 Å². The fourth-order valence-electron chi connectivity index (χ4n) is 2.02. The SMILES string of the molecule is CNC(C)(CC(C)Oc1cc(OC)cc(OC)c1)C(N)=O. The quantitative estimate of drug-likeness (QED) is 0.756. The first kappa shape index (κ1) is 17.1. The van der Waals surface area contributed by atoms with Crippen molar-refractivity contribution in [3.63, 3.8) is 0 Å². The smallest absolute Gasteiger partial charge is 0.237 e. The van der Waals surface area contributed by atoms with Gasteiger partial charge in [-0.05, 0) is 20.9 Å². The number of likely N-dealkylation sites (N-methyl/N-ethyl adjacent to an activating group) is 1. The molecule has 0 fully saturated rings. The maximum absolute atomic E-state index is 11.5. The van der Waals surface area contributed by atoms with Gasteiger partial charge in [0.15, 0.2) is 0 Å². The summed E-state index contributed by atoms with van der Waals surface area (Å²) in [5.41, 5.74) is 4.60. The molecule has 1 amide bonds. The lowest BCUT2D eigenvalue weighted by Gasteiger charge is -2.29. The molecule has 1 rings (SSSR count). The Hall–Kier alpha value is -1.95. The highest BCUT2D eigenvalue weighted by molar-refractivity contribution is 5.84. The molecule has 0 aliphatic rings. The molecule has 1 aromatic carbocycles. The Balaban J connectivity index is 2.83. The molecule has 0 aromatic heterocycles. The zero-order valence-corrected chi connectivity index (χ0v) is 13.2. The van der Waals surface area contributed by atoms with Gasteiger partial charge < -0.3 is 25.3 Å². The molecule has 3 N–H and O–H groups in total. The monoisotopic (exact) mass is 296 g/mol. The van der Waals surface area contributed by atoms with Crippen molar-refractivity contribution in [1.82, 2.24) is 5.32 Å². The lowest BCUT2D eigenvalue weighted by Crippen LogP contribution is -2.53. The Bertz CT molecular complexity index is 470. The summed E-state index contributed by atoms with van der Waals surface area (Å²) < 4.78 is 16.2. The van der Waals surface area contributed by atoms with E-state index >= 15 is 0 Å². The molecule has 0 spiro atoms. The van der Waals surface area contributed by atoms with E-state index in [9.17, 15) is 4.79 Å². The topological polar surface area (TPSA) is 82.8 Å². The van der Waals surface area contributed by atoms with Crippen LogP contribution in [0.15, 0.2) is 18.2 Å². The summed E-state index contributed by atoms with van der Waals surface area (Å²) in [5, 5.41) is 2.94. The summed E-state index contributed by atoms with van der Waals surface area (Å²) in [6, 6.07) is 5.29. The maximum Gasteiger partial charge on any atom is 0.237 e. The third-order valence-corrected chi connectivity index (χ3v) is 3.45. The minimum absolute atomic E-state index is 0.216. The standard InChI is InChI=1S/C15H24N2O4/c1-10(9-15(2,17-3)14(16)18)21-13-7-11(19-4)6-12(8-13)20-5/h6-8,10,17H,9H2,1-5H3,(H2,16,18). The summed E-state index contributed by atoms with van der Waals surface area (Å²) in [4.78, 5) is 11.5. The van der Waals surface area contributed by atoms with E-state index in [2.05, 4.69) is 5.32 Å². The molecule has 0 heterocycles. The Morgan fingerprint density at radius 2 is 1.71 bits per heavy atom. The molecule has 6 nitrogen and oxygen atoms in total. The minimum Gasteiger partial charge on any atom is -0.496 e. The number of rotatable bonds is 8. The van der Waals surface area contributed by atoms with Crippen molar-refractivity contribution < 1.29 is 19.0 Å². The molecule has 0 saturated carbocycles. The first-order valence-electron chi connectivity index (χ1n) is 6.73. The van der Waals surface area contributed by atoms with Crippen LogP contribution in [0.2, 0.25) is 0 Å². The normalized spacial score (nSPS) is 14.9. The van der Waals surface area contributed by atoms with Gasteiger partial charge >= 0.3 is 0 Å². The predicted octanol–water partition coefficient (Wildman–Crippen LogP) is 1.32. The summed E-state index contributed by atoms with van der Waals surface area (Å²) in [6.45, 7) is 3.63. The van der Waals surface area contributed by atoms with Gasteiger partial charge in [0.2, 0.25) is 5.91 Å². The molecule has 0 radical (unpaired) electrons. The van der Waals surface area contributed by atoms with Crippen LogP contribution in [0.5, 0.6) is 17.2 Å². The zero-order chi connectivity index (χ0) is 16.0. The molecule has 0 aliphatic carbocycles. The van der Waals surface area contributed by atoms with E-state index in [1.54, 1.807) is 46.4 Å². The van der Waals surface area contributed by atoms with Gasteiger partial charge in [-0.15, -0.1) is 0 Å².